The minimum absolute atomic E-state index is 0.325. The number of hydrogen-bond donors (Lipinski definition) is 1. The van der Waals surface area contributed by atoms with Gasteiger partial charge in [-0.3, -0.25) is 4.79 Å². The lowest BCUT2D eigenvalue weighted by atomic mass is 10.0. The quantitative estimate of drug-likeness (QED) is 0.189. The first-order chi connectivity index (χ1) is 12.6. The van der Waals surface area contributed by atoms with E-state index >= 15 is 0 Å². The molecule has 0 aromatic carbocycles. The number of unbranched alkanes of at least 4 members (excludes halogenated alkanes) is 12. The Morgan fingerprint density at radius 3 is 1.38 bits per heavy atom. The molecule has 0 heterocycles. The Kier molecular flexibility index (Phi) is 17.4. The molecule has 3 heteroatoms. The smallest absolute Gasteiger partial charge is 0.303 e. The Morgan fingerprint density at radius 2 is 1.00 bits per heavy atom. The topological polar surface area (TPSA) is 37.3 Å². The molecule has 0 saturated carbocycles. The first-order valence-electron chi connectivity index (χ1n) is 11.7. The monoisotopic (exact) mass is 370 g/mol. The molecule has 3 nitrogen and oxygen atoms in total. The van der Waals surface area contributed by atoms with Gasteiger partial charge in [0.15, 0.2) is 0 Å². The van der Waals surface area contributed by atoms with E-state index in [1.807, 2.05) is 0 Å². The van der Waals surface area contributed by atoms with E-state index in [4.69, 9.17) is 5.11 Å². The number of carbonyl (C=O) groups is 1. The summed E-state index contributed by atoms with van der Waals surface area (Å²) < 4.78 is 1.18. The Bertz CT molecular complexity index is 313. The third-order valence-corrected chi connectivity index (χ3v) is 6.10. The first-order valence-corrected chi connectivity index (χ1v) is 11.7. The molecule has 0 aliphatic rings. The van der Waals surface area contributed by atoms with Crippen LogP contribution in [0.1, 0.15) is 117 Å². The highest BCUT2D eigenvalue weighted by atomic mass is 16.4. The van der Waals surface area contributed by atoms with Crippen molar-refractivity contribution >= 4 is 5.97 Å². The van der Waals surface area contributed by atoms with Crippen LogP contribution < -0.4 is 0 Å². The van der Waals surface area contributed by atoms with E-state index in [1.54, 1.807) is 0 Å². The molecule has 0 spiro atoms. The van der Waals surface area contributed by atoms with Gasteiger partial charge in [0.1, 0.15) is 0 Å². The summed E-state index contributed by atoms with van der Waals surface area (Å²) in [5, 5.41) is 8.78. The van der Waals surface area contributed by atoms with Gasteiger partial charge in [0.25, 0.3) is 0 Å². The Morgan fingerprint density at radius 1 is 0.615 bits per heavy atom. The largest absolute Gasteiger partial charge is 0.481 e. The van der Waals surface area contributed by atoms with Gasteiger partial charge in [-0.1, -0.05) is 71.1 Å². The molecule has 0 fully saturated rings. The van der Waals surface area contributed by atoms with Gasteiger partial charge in [0, 0.05) is 6.42 Å². The highest BCUT2D eigenvalue weighted by molar-refractivity contribution is 5.66. The van der Waals surface area contributed by atoms with E-state index in [9.17, 15) is 4.79 Å². The predicted octanol–water partition coefficient (Wildman–Crippen LogP) is 6.80. The van der Waals surface area contributed by atoms with Crippen molar-refractivity contribution in [3.8, 4) is 0 Å². The van der Waals surface area contributed by atoms with Crippen LogP contribution in [0.2, 0.25) is 0 Å². The molecule has 0 radical (unpaired) electrons. The van der Waals surface area contributed by atoms with Gasteiger partial charge in [0.05, 0.1) is 26.2 Å². The highest BCUT2D eigenvalue weighted by Gasteiger charge is 2.21. The summed E-state index contributed by atoms with van der Waals surface area (Å²) in [7, 11) is 0. The van der Waals surface area contributed by atoms with Gasteiger partial charge in [-0.15, -0.1) is 0 Å². The lowest BCUT2D eigenvalue weighted by molar-refractivity contribution is -0.925. The molecule has 1 N–H and O–H groups in total. The molecule has 156 valence electrons. The van der Waals surface area contributed by atoms with Crippen molar-refractivity contribution in [2.45, 2.75) is 117 Å². The molecule has 0 aromatic rings. The van der Waals surface area contributed by atoms with Crippen LogP contribution in [0.3, 0.4) is 0 Å². The maximum atomic E-state index is 10.7. The van der Waals surface area contributed by atoms with Gasteiger partial charge in [-0.05, 0) is 39.5 Å². The summed E-state index contributed by atoms with van der Waals surface area (Å²) in [5.74, 6) is -0.656. The fourth-order valence-corrected chi connectivity index (χ4v) is 3.98. The maximum absolute atomic E-state index is 10.7. The lowest BCUT2D eigenvalue weighted by Crippen LogP contribution is -2.49. The third-order valence-electron chi connectivity index (χ3n) is 6.10. The molecule has 0 bridgehead atoms. The molecule has 0 atom stereocenters. The van der Waals surface area contributed by atoms with Crippen LogP contribution in [0.15, 0.2) is 0 Å². The van der Waals surface area contributed by atoms with Crippen LogP contribution in [0.4, 0.5) is 0 Å². The first kappa shape index (κ1) is 25.4. The molecule has 0 aromatic heterocycles. The molecule has 0 unspecified atom stereocenters. The predicted molar refractivity (Wildman–Crippen MR) is 114 cm³/mol. The molecular formula is C23H48NO2+. The standard InChI is InChI=1S/C23H47NO2/c1-4-7-8-9-10-11-12-13-14-15-16-18-21-24(5-2,6-3)22-19-17-20-23(25)26/h4-22H2,1-3H3/p+1. The summed E-state index contributed by atoms with van der Waals surface area (Å²) in [6.45, 7) is 11.7. The fourth-order valence-electron chi connectivity index (χ4n) is 3.98. The summed E-state index contributed by atoms with van der Waals surface area (Å²) >= 11 is 0. The zero-order valence-corrected chi connectivity index (χ0v) is 18.2. The summed E-state index contributed by atoms with van der Waals surface area (Å²) in [6, 6.07) is 0. The maximum Gasteiger partial charge on any atom is 0.303 e. The number of carboxylic acids is 1. The summed E-state index contributed by atoms with van der Waals surface area (Å²) in [6.07, 6.45) is 19.1. The Labute approximate surface area is 164 Å². The molecule has 0 aliphatic carbocycles. The van der Waals surface area contributed by atoms with Crippen molar-refractivity contribution in [2.24, 2.45) is 0 Å². The van der Waals surface area contributed by atoms with Crippen molar-refractivity contribution in [1.82, 2.24) is 0 Å². The van der Waals surface area contributed by atoms with Gasteiger partial charge in [-0.2, -0.15) is 0 Å². The minimum Gasteiger partial charge on any atom is -0.481 e. The summed E-state index contributed by atoms with van der Waals surface area (Å²) in [4.78, 5) is 10.7. The van der Waals surface area contributed by atoms with Crippen LogP contribution in [0.25, 0.3) is 0 Å². The van der Waals surface area contributed by atoms with Crippen molar-refractivity contribution in [3.05, 3.63) is 0 Å². The van der Waals surface area contributed by atoms with E-state index in [0.717, 1.165) is 19.4 Å². The Hall–Kier alpha value is -0.570. The lowest BCUT2D eigenvalue weighted by Gasteiger charge is -2.37. The van der Waals surface area contributed by atoms with Gasteiger partial charge in [0.2, 0.25) is 0 Å². The number of carboxylic acid groups (broad SMARTS) is 1. The molecule has 0 rings (SSSR count). The van der Waals surface area contributed by atoms with E-state index in [0.29, 0.717) is 6.42 Å². The molecule has 26 heavy (non-hydrogen) atoms. The molecule has 0 amide bonds. The van der Waals surface area contributed by atoms with Crippen LogP contribution in [-0.4, -0.2) is 41.7 Å². The molecule has 0 saturated heterocycles. The molecule has 0 aliphatic heterocycles. The Balaban J connectivity index is 3.62. The van der Waals surface area contributed by atoms with E-state index in [-0.39, 0.29) is 0 Å². The average molecular weight is 371 g/mol. The molecular weight excluding hydrogens is 322 g/mol. The normalized spacial score (nSPS) is 11.8. The van der Waals surface area contributed by atoms with Crippen molar-refractivity contribution in [3.63, 3.8) is 0 Å². The third kappa shape index (κ3) is 14.6. The van der Waals surface area contributed by atoms with E-state index in [2.05, 4.69) is 20.8 Å². The zero-order chi connectivity index (χ0) is 19.5. The van der Waals surface area contributed by atoms with Crippen LogP contribution >= 0.6 is 0 Å². The number of nitrogens with zero attached hydrogens (tertiary/aromatic N) is 1. The van der Waals surface area contributed by atoms with Crippen LogP contribution in [-0.2, 0) is 4.79 Å². The minimum atomic E-state index is -0.656. The number of hydrogen-bond acceptors (Lipinski definition) is 1. The number of rotatable bonds is 20. The van der Waals surface area contributed by atoms with E-state index in [1.165, 1.54) is 101 Å². The zero-order valence-electron chi connectivity index (χ0n) is 18.2. The fraction of sp³-hybridized carbons (Fsp3) is 0.957. The van der Waals surface area contributed by atoms with Crippen LogP contribution in [0.5, 0.6) is 0 Å². The van der Waals surface area contributed by atoms with Gasteiger partial charge >= 0.3 is 5.97 Å². The number of aliphatic carboxylic acids is 1. The van der Waals surface area contributed by atoms with Crippen molar-refractivity contribution in [1.29, 1.82) is 0 Å². The van der Waals surface area contributed by atoms with Gasteiger partial charge < -0.3 is 9.59 Å². The SMILES string of the molecule is CCCCCCCCCCCCCC[N+](CC)(CC)CCCCC(=O)O. The average Bonchev–Trinajstić information content (AvgIpc) is 2.64. The van der Waals surface area contributed by atoms with Gasteiger partial charge in [-0.25, -0.2) is 0 Å². The number of quaternary nitrogens is 1. The second kappa shape index (κ2) is 17.8. The van der Waals surface area contributed by atoms with E-state index < -0.39 is 5.97 Å². The second-order valence-electron chi connectivity index (χ2n) is 8.16. The second-order valence-corrected chi connectivity index (χ2v) is 8.16. The highest BCUT2D eigenvalue weighted by Crippen LogP contribution is 2.15. The van der Waals surface area contributed by atoms with Crippen molar-refractivity contribution < 1.29 is 14.4 Å². The van der Waals surface area contributed by atoms with Crippen molar-refractivity contribution in [2.75, 3.05) is 26.2 Å². The summed E-state index contributed by atoms with van der Waals surface area (Å²) in [5.41, 5.74) is 0. The van der Waals surface area contributed by atoms with Crippen LogP contribution in [0, 0.1) is 0 Å².